The summed E-state index contributed by atoms with van der Waals surface area (Å²) in [5.74, 6) is -0.437. The van der Waals surface area contributed by atoms with E-state index in [0.29, 0.717) is 30.1 Å². The molecule has 7 nitrogen and oxygen atoms in total. The minimum Gasteiger partial charge on any atom is -0.369 e. The van der Waals surface area contributed by atoms with Crippen molar-refractivity contribution in [1.82, 2.24) is 4.31 Å². The number of benzene rings is 2. The molecule has 1 fully saturated rings. The van der Waals surface area contributed by atoms with Crippen LogP contribution in [-0.2, 0) is 26.0 Å². The van der Waals surface area contributed by atoms with E-state index < -0.39 is 15.9 Å². The van der Waals surface area contributed by atoms with Crippen LogP contribution in [0.1, 0.15) is 31.2 Å². The maximum absolute atomic E-state index is 12.7. The minimum atomic E-state index is -3.45. The van der Waals surface area contributed by atoms with E-state index in [1.807, 2.05) is 18.2 Å². The molecular weight excluding hydrogens is 434 g/mol. The van der Waals surface area contributed by atoms with Gasteiger partial charge in [0.25, 0.3) is 0 Å². The number of primary amides is 1. The van der Waals surface area contributed by atoms with Crippen molar-refractivity contribution in [3.63, 3.8) is 0 Å². The van der Waals surface area contributed by atoms with E-state index in [2.05, 4.69) is 5.32 Å². The number of amides is 2. The fraction of sp³-hybridized carbons (Fsp3) is 0.364. The predicted molar refractivity (Wildman–Crippen MR) is 122 cm³/mol. The highest BCUT2D eigenvalue weighted by atomic mass is 32.2. The van der Waals surface area contributed by atoms with Crippen LogP contribution in [0.25, 0.3) is 0 Å². The molecular formula is C22H27N3O4S2. The number of hydrogen-bond donors (Lipinski definition) is 2. The van der Waals surface area contributed by atoms with Crippen molar-refractivity contribution >= 4 is 39.3 Å². The Hall–Kier alpha value is -2.36. The van der Waals surface area contributed by atoms with E-state index >= 15 is 0 Å². The molecule has 0 spiro atoms. The molecule has 0 radical (unpaired) electrons. The molecule has 2 amide bonds. The number of para-hydroxylation sites is 1. The highest BCUT2D eigenvalue weighted by molar-refractivity contribution is 8.00. The van der Waals surface area contributed by atoms with Crippen LogP contribution in [-0.4, -0.2) is 43.4 Å². The molecule has 166 valence electrons. The first kappa shape index (κ1) is 23.3. The Balaban J connectivity index is 1.56. The number of nitrogens with two attached hydrogens (primary N) is 1. The maximum Gasteiger partial charge on any atom is 0.243 e. The number of anilines is 1. The third-order valence-electron chi connectivity index (χ3n) is 5.05. The van der Waals surface area contributed by atoms with Gasteiger partial charge in [0.15, 0.2) is 0 Å². The summed E-state index contributed by atoms with van der Waals surface area (Å²) in [7, 11) is -3.45. The molecule has 0 unspecified atom stereocenters. The average molecular weight is 462 g/mol. The molecule has 31 heavy (non-hydrogen) atoms. The van der Waals surface area contributed by atoms with Crippen molar-refractivity contribution in [3.8, 4) is 0 Å². The van der Waals surface area contributed by atoms with Crippen LogP contribution in [0.15, 0.2) is 58.3 Å². The van der Waals surface area contributed by atoms with Gasteiger partial charge in [-0.2, -0.15) is 4.31 Å². The second kappa shape index (κ2) is 10.8. The number of thioether (sulfide) groups is 1. The summed E-state index contributed by atoms with van der Waals surface area (Å²) in [6.07, 6.45) is 3.62. The Kier molecular flexibility index (Phi) is 8.11. The first-order valence-electron chi connectivity index (χ1n) is 10.3. The molecule has 3 N–H and O–H groups in total. The lowest BCUT2D eigenvalue weighted by Gasteiger charge is -2.25. The number of nitrogens with one attached hydrogen (secondary N) is 1. The highest BCUT2D eigenvalue weighted by Crippen LogP contribution is 2.27. The summed E-state index contributed by atoms with van der Waals surface area (Å²) in [4.78, 5) is 24.5. The van der Waals surface area contributed by atoms with Gasteiger partial charge in [0.2, 0.25) is 21.8 Å². The Bertz CT molecular complexity index is 1020. The van der Waals surface area contributed by atoms with E-state index in [1.165, 1.54) is 11.8 Å². The van der Waals surface area contributed by atoms with Gasteiger partial charge in [0.1, 0.15) is 0 Å². The van der Waals surface area contributed by atoms with Gasteiger partial charge in [0.05, 0.1) is 16.3 Å². The molecule has 0 aromatic heterocycles. The van der Waals surface area contributed by atoms with E-state index in [-0.39, 0.29) is 18.1 Å². The van der Waals surface area contributed by atoms with Crippen molar-refractivity contribution in [1.29, 1.82) is 0 Å². The van der Waals surface area contributed by atoms with Gasteiger partial charge in [0, 0.05) is 24.4 Å². The molecule has 3 rings (SSSR count). The summed E-state index contributed by atoms with van der Waals surface area (Å²) in [6, 6.07) is 14.0. The molecule has 1 aliphatic rings. The van der Waals surface area contributed by atoms with Crippen molar-refractivity contribution in [3.05, 3.63) is 54.1 Å². The summed E-state index contributed by atoms with van der Waals surface area (Å²) < 4.78 is 27.0. The van der Waals surface area contributed by atoms with Crippen LogP contribution < -0.4 is 11.1 Å². The molecule has 2 aromatic carbocycles. The van der Waals surface area contributed by atoms with Crippen molar-refractivity contribution < 1.29 is 18.0 Å². The van der Waals surface area contributed by atoms with Gasteiger partial charge in [-0.1, -0.05) is 30.7 Å². The largest absolute Gasteiger partial charge is 0.369 e. The van der Waals surface area contributed by atoms with Crippen LogP contribution in [0.3, 0.4) is 0 Å². The quantitative estimate of drug-likeness (QED) is 0.558. The zero-order valence-electron chi connectivity index (χ0n) is 17.2. The summed E-state index contributed by atoms with van der Waals surface area (Å²) in [5.41, 5.74) is 6.73. The SMILES string of the molecule is NC(=O)CSc1ccccc1NC(=O)CCc1ccc(S(=O)(=O)N2CCCCC2)cc1. The number of carbonyl (C=O) groups is 2. The fourth-order valence-electron chi connectivity index (χ4n) is 3.40. The molecule has 9 heteroatoms. The zero-order chi connectivity index (χ0) is 22.3. The number of carbonyl (C=O) groups excluding carboxylic acids is 2. The molecule has 1 saturated heterocycles. The third-order valence-corrected chi connectivity index (χ3v) is 8.06. The number of piperidine rings is 1. The molecule has 1 aliphatic heterocycles. The van der Waals surface area contributed by atoms with Crippen LogP contribution in [0.2, 0.25) is 0 Å². The monoisotopic (exact) mass is 461 g/mol. The van der Waals surface area contributed by atoms with Crippen LogP contribution in [0.5, 0.6) is 0 Å². The summed E-state index contributed by atoms with van der Waals surface area (Å²) in [5, 5.41) is 2.87. The molecule has 0 bridgehead atoms. The van der Waals surface area contributed by atoms with Crippen LogP contribution in [0, 0.1) is 0 Å². The van der Waals surface area contributed by atoms with Gasteiger partial charge < -0.3 is 11.1 Å². The summed E-state index contributed by atoms with van der Waals surface area (Å²) in [6.45, 7) is 1.15. The van der Waals surface area contributed by atoms with E-state index in [0.717, 1.165) is 29.7 Å². The minimum absolute atomic E-state index is 0.138. The smallest absolute Gasteiger partial charge is 0.243 e. The number of rotatable bonds is 9. The zero-order valence-corrected chi connectivity index (χ0v) is 18.9. The average Bonchev–Trinajstić information content (AvgIpc) is 2.78. The normalized spacial score (nSPS) is 14.8. The lowest BCUT2D eigenvalue weighted by molar-refractivity contribution is -0.116. The van der Waals surface area contributed by atoms with E-state index in [1.54, 1.807) is 34.6 Å². The van der Waals surface area contributed by atoms with E-state index in [9.17, 15) is 18.0 Å². The number of nitrogens with zero attached hydrogens (tertiary/aromatic N) is 1. The Morgan fingerprint density at radius 2 is 1.68 bits per heavy atom. The lowest BCUT2D eigenvalue weighted by atomic mass is 10.1. The van der Waals surface area contributed by atoms with Gasteiger partial charge in [-0.15, -0.1) is 11.8 Å². The first-order valence-corrected chi connectivity index (χ1v) is 12.7. The van der Waals surface area contributed by atoms with Crippen LogP contribution in [0.4, 0.5) is 5.69 Å². The maximum atomic E-state index is 12.7. The van der Waals surface area contributed by atoms with Gasteiger partial charge in [-0.3, -0.25) is 9.59 Å². The Morgan fingerprint density at radius 1 is 1.00 bits per heavy atom. The predicted octanol–water partition coefficient (Wildman–Crippen LogP) is 3.01. The van der Waals surface area contributed by atoms with Crippen molar-refractivity contribution in [2.24, 2.45) is 5.73 Å². The van der Waals surface area contributed by atoms with Gasteiger partial charge >= 0.3 is 0 Å². The standard InChI is InChI=1S/C22H27N3O4S2/c23-21(26)16-30-20-7-3-2-6-19(20)24-22(27)13-10-17-8-11-18(12-9-17)31(28,29)25-14-4-1-5-15-25/h2-3,6-9,11-12H,1,4-5,10,13-16H2,(H2,23,26)(H,24,27). The van der Waals surface area contributed by atoms with Crippen molar-refractivity contribution in [2.75, 3.05) is 24.2 Å². The topological polar surface area (TPSA) is 110 Å². The second-order valence-corrected chi connectivity index (χ2v) is 10.4. The van der Waals surface area contributed by atoms with Crippen LogP contribution >= 0.6 is 11.8 Å². The molecule has 1 heterocycles. The van der Waals surface area contributed by atoms with E-state index in [4.69, 9.17) is 5.73 Å². The molecule has 0 saturated carbocycles. The van der Waals surface area contributed by atoms with Gasteiger partial charge in [-0.25, -0.2) is 8.42 Å². The molecule has 0 aliphatic carbocycles. The molecule has 2 aromatic rings. The lowest BCUT2D eigenvalue weighted by Crippen LogP contribution is -2.35. The number of sulfonamides is 1. The number of hydrogen-bond acceptors (Lipinski definition) is 5. The summed E-state index contributed by atoms with van der Waals surface area (Å²) >= 11 is 1.28. The third kappa shape index (κ3) is 6.56. The van der Waals surface area contributed by atoms with Gasteiger partial charge in [-0.05, 0) is 49.1 Å². The highest BCUT2D eigenvalue weighted by Gasteiger charge is 2.25. The molecule has 0 atom stereocenters. The Labute approximate surface area is 187 Å². The fourth-order valence-corrected chi connectivity index (χ4v) is 5.66. The first-order chi connectivity index (χ1) is 14.9. The van der Waals surface area contributed by atoms with Crippen molar-refractivity contribution in [2.45, 2.75) is 41.9 Å². The number of aryl methyl sites for hydroxylation is 1. The Morgan fingerprint density at radius 3 is 2.35 bits per heavy atom. The second-order valence-electron chi connectivity index (χ2n) is 7.41.